The summed E-state index contributed by atoms with van der Waals surface area (Å²) < 4.78 is 0. The van der Waals surface area contributed by atoms with Gasteiger partial charge < -0.3 is 4.90 Å². The number of nitrogens with zero attached hydrogens (tertiary/aromatic N) is 1. The third-order valence-corrected chi connectivity index (χ3v) is 10.4. The maximum atomic E-state index is 2.42. The molecule has 0 aromatic heterocycles. The molecule has 1 nitrogen and oxygen atoms in total. The van der Waals surface area contributed by atoms with Crippen molar-refractivity contribution in [1.82, 2.24) is 0 Å². The van der Waals surface area contributed by atoms with Gasteiger partial charge in [-0.2, -0.15) is 0 Å². The summed E-state index contributed by atoms with van der Waals surface area (Å²) in [5, 5.41) is 12.6. The van der Waals surface area contributed by atoms with Crippen LogP contribution < -0.4 is 4.90 Å². The molecule has 0 N–H and O–H groups in total. The van der Waals surface area contributed by atoms with Crippen molar-refractivity contribution < 1.29 is 0 Å². The Hall–Kier alpha value is -6.70. The fourth-order valence-corrected chi connectivity index (χ4v) is 8.01. The van der Waals surface area contributed by atoms with Crippen LogP contribution in [0, 0.1) is 0 Å². The molecule has 0 fully saturated rings. The minimum absolute atomic E-state index is 1.11. The van der Waals surface area contributed by atoms with Gasteiger partial charge in [-0.3, -0.25) is 0 Å². The molecular formula is C50H33N. The van der Waals surface area contributed by atoms with Gasteiger partial charge in [-0.05, 0) is 107 Å². The Morgan fingerprint density at radius 2 is 0.902 bits per heavy atom. The van der Waals surface area contributed by atoms with Crippen molar-refractivity contribution in [1.29, 1.82) is 0 Å². The molecule has 0 unspecified atom stereocenters. The smallest absolute Gasteiger partial charge is 0.0540 e. The highest BCUT2D eigenvalue weighted by molar-refractivity contribution is 6.22. The molecule has 0 atom stereocenters. The largest absolute Gasteiger partial charge is 0.310 e. The van der Waals surface area contributed by atoms with Crippen LogP contribution in [0.25, 0.3) is 76.1 Å². The minimum atomic E-state index is 1.11. The number of rotatable bonds is 5. The molecule has 10 aromatic carbocycles. The van der Waals surface area contributed by atoms with Crippen molar-refractivity contribution in [3.63, 3.8) is 0 Å². The first kappa shape index (κ1) is 29.2. The summed E-state index contributed by atoms with van der Waals surface area (Å²) in [7, 11) is 0. The van der Waals surface area contributed by atoms with Gasteiger partial charge in [-0.1, -0.05) is 164 Å². The Morgan fingerprint density at radius 3 is 1.75 bits per heavy atom. The van der Waals surface area contributed by atoms with Crippen LogP contribution in [0.1, 0.15) is 0 Å². The summed E-state index contributed by atoms with van der Waals surface area (Å²) in [6, 6.07) is 73.0. The zero-order valence-electron chi connectivity index (χ0n) is 28.0. The van der Waals surface area contributed by atoms with E-state index < -0.39 is 0 Å². The van der Waals surface area contributed by atoms with E-state index >= 15 is 0 Å². The second-order valence-corrected chi connectivity index (χ2v) is 13.3. The minimum Gasteiger partial charge on any atom is -0.310 e. The zero-order valence-corrected chi connectivity index (χ0v) is 28.0. The fourth-order valence-electron chi connectivity index (χ4n) is 8.01. The number of anilines is 3. The second-order valence-electron chi connectivity index (χ2n) is 13.3. The van der Waals surface area contributed by atoms with Gasteiger partial charge in [-0.15, -0.1) is 0 Å². The molecule has 0 saturated heterocycles. The van der Waals surface area contributed by atoms with Crippen LogP contribution in [0.2, 0.25) is 0 Å². The van der Waals surface area contributed by atoms with E-state index in [0.717, 1.165) is 17.1 Å². The van der Waals surface area contributed by atoms with Crippen molar-refractivity contribution in [2.45, 2.75) is 0 Å². The van der Waals surface area contributed by atoms with Crippen LogP contribution >= 0.6 is 0 Å². The van der Waals surface area contributed by atoms with E-state index in [1.54, 1.807) is 0 Å². The molecule has 0 aliphatic rings. The van der Waals surface area contributed by atoms with Crippen LogP contribution in [-0.2, 0) is 0 Å². The van der Waals surface area contributed by atoms with E-state index in [9.17, 15) is 0 Å². The van der Waals surface area contributed by atoms with Gasteiger partial charge in [-0.25, -0.2) is 0 Å². The number of hydrogen-bond acceptors (Lipinski definition) is 1. The van der Waals surface area contributed by atoms with E-state index in [0.29, 0.717) is 0 Å². The zero-order chi connectivity index (χ0) is 33.7. The van der Waals surface area contributed by atoms with Crippen LogP contribution in [-0.4, -0.2) is 0 Å². The van der Waals surface area contributed by atoms with Gasteiger partial charge >= 0.3 is 0 Å². The maximum absolute atomic E-state index is 2.42. The Bertz CT molecular complexity index is 2900. The van der Waals surface area contributed by atoms with Gasteiger partial charge in [0.05, 0.1) is 5.69 Å². The lowest BCUT2D eigenvalue weighted by molar-refractivity contribution is 1.30. The molecule has 0 bridgehead atoms. The molecule has 51 heavy (non-hydrogen) atoms. The molecule has 10 aromatic rings. The molecule has 0 saturated carbocycles. The summed E-state index contributed by atoms with van der Waals surface area (Å²) >= 11 is 0. The first-order valence-electron chi connectivity index (χ1n) is 17.6. The molecular weight excluding hydrogens is 615 g/mol. The van der Waals surface area contributed by atoms with Crippen LogP contribution in [0.5, 0.6) is 0 Å². The van der Waals surface area contributed by atoms with Crippen LogP contribution in [0.15, 0.2) is 200 Å². The van der Waals surface area contributed by atoms with Crippen molar-refractivity contribution >= 4 is 70.9 Å². The summed E-state index contributed by atoms with van der Waals surface area (Å²) in [5.74, 6) is 0. The van der Waals surface area contributed by atoms with E-state index in [1.807, 2.05) is 0 Å². The lowest BCUT2D eigenvalue weighted by atomic mass is 9.93. The van der Waals surface area contributed by atoms with Gasteiger partial charge in [0.1, 0.15) is 0 Å². The molecule has 0 radical (unpaired) electrons. The summed E-state index contributed by atoms with van der Waals surface area (Å²) in [4.78, 5) is 2.42. The third-order valence-electron chi connectivity index (χ3n) is 10.4. The SMILES string of the molecule is c1ccc(-c2cccc(N(c3ccc(-c4cc5ccccc5c5ccccc45)cc3)c3cccc4c3ccc3ccc5ccccc5c34)c2)cc1. The Morgan fingerprint density at radius 1 is 0.275 bits per heavy atom. The molecule has 1 heteroatoms. The third kappa shape index (κ3) is 4.94. The number of fused-ring (bicyclic) bond motifs is 8. The van der Waals surface area contributed by atoms with Gasteiger partial charge in [0, 0.05) is 16.8 Å². The van der Waals surface area contributed by atoms with Crippen molar-refractivity contribution in [3.05, 3.63) is 200 Å². The summed E-state index contributed by atoms with van der Waals surface area (Å²) in [5.41, 5.74) is 8.22. The molecule has 10 rings (SSSR count). The second kappa shape index (κ2) is 12.0. The molecule has 0 aliphatic carbocycles. The standard InChI is InChI=1S/C50H33N/c1-2-12-34(13-3-1)38-16-10-17-41(32-38)51(49-23-11-22-47-46(49)31-28-37-25-24-35-14-4-7-19-43(35)50(37)47)40-29-26-36(27-30-40)48-33-39-15-5-6-18-42(39)44-20-8-9-21-45(44)48/h1-33H. The van der Waals surface area contributed by atoms with Crippen LogP contribution in [0.3, 0.4) is 0 Å². The molecule has 0 heterocycles. The van der Waals surface area contributed by atoms with E-state index in [4.69, 9.17) is 0 Å². The lowest BCUT2D eigenvalue weighted by Gasteiger charge is -2.28. The molecule has 238 valence electrons. The Balaban J connectivity index is 1.19. The highest BCUT2D eigenvalue weighted by Gasteiger charge is 2.18. The summed E-state index contributed by atoms with van der Waals surface area (Å²) in [6.07, 6.45) is 0. The fraction of sp³-hybridized carbons (Fsp3) is 0. The summed E-state index contributed by atoms with van der Waals surface area (Å²) in [6.45, 7) is 0. The van der Waals surface area contributed by atoms with Crippen molar-refractivity contribution in [2.75, 3.05) is 4.90 Å². The van der Waals surface area contributed by atoms with Crippen molar-refractivity contribution in [2.24, 2.45) is 0 Å². The predicted octanol–water partition coefficient (Wildman–Crippen LogP) is 14.3. The average molecular weight is 648 g/mol. The molecule has 0 spiro atoms. The Labute approximate surface area is 297 Å². The highest BCUT2D eigenvalue weighted by Crippen LogP contribution is 2.44. The Kier molecular flexibility index (Phi) is 6.89. The quantitative estimate of drug-likeness (QED) is 0.168. The monoisotopic (exact) mass is 647 g/mol. The highest BCUT2D eigenvalue weighted by atomic mass is 15.1. The van der Waals surface area contributed by atoms with Gasteiger partial charge in [0.25, 0.3) is 0 Å². The number of benzene rings is 10. The van der Waals surface area contributed by atoms with E-state index in [-0.39, 0.29) is 0 Å². The first-order chi connectivity index (χ1) is 25.3. The predicted molar refractivity (Wildman–Crippen MR) is 220 cm³/mol. The van der Waals surface area contributed by atoms with Gasteiger partial charge in [0.15, 0.2) is 0 Å². The van der Waals surface area contributed by atoms with Gasteiger partial charge in [0.2, 0.25) is 0 Å². The first-order valence-corrected chi connectivity index (χ1v) is 17.6. The van der Waals surface area contributed by atoms with Crippen LogP contribution in [0.4, 0.5) is 17.1 Å². The van der Waals surface area contributed by atoms with Crippen molar-refractivity contribution in [3.8, 4) is 22.3 Å². The molecule has 0 amide bonds. The van der Waals surface area contributed by atoms with E-state index in [1.165, 1.54) is 76.1 Å². The maximum Gasteiger partial charge on any atom is 0.0540 e. The lowest BCUT2D eigenvalue weighted by Crippen LogP contribution is -2.10. The topological polar surface area (TPSA) is 3.24 Å². The average Bonchev–Trinajstić information content (AvgIpc) is 3.21. The molecule has 0 aliphatic heterocycles. The normalized spacial score (nSPS) is 11.5. The van der Waals surface area contributed by atoms with E-state index in [2.05, 4.69) is 205 Å². The number of hydrogen-bond donors (Lipinski definition) is 0.